The summed E-state index contributed by atoms with van der Waals surface area (Å²) in [6.07, 6.45) is 0. The number of hydrogen-bond acceptors (Lipinski definition) is 4. The number of hydrogen-bond donors (Lipinski definition) is 1. The van der Waals surface area contributed by atoms with E-state index in [9.17, 15) is 4.79 Å². The molecule has 0 saturated carbocycles. The van der Waals surface area contributed by atoms with Crippen molar-refractivity contribution in [2.75, 3.05) is 12.4 Å². The zero-order valence-corrected chi connectivity index (χ0v) is 14.8. The van der Waals surface area contributed by atoms with Crippen LogP contribution in [-0.2, 0) is 6.54 Å². The molecule has 0 saturated heterocycles. The van der Waals surface area contributed by atoms with Crippen LogP contribution in [0.15, 0.2) is 72.8 Å². The number of benzene rings is 3. The average molecular weight is 358 g/mol. The molecule has 1 heterocycles. The number of carbonyl (C=O) groups is 1. The number of carbonyl (C=O) groups excluding carboxylic acids is 1. The second-order valence-electron chi connectivity index (χ2n) is 6.12. The van der Waals surface area contributed by atoms with Gasteiger partial charge in [-0.25, -0.2) is 4.68 Å². The largest absolute Gasteiger partial charge is 0.497 e. The van der Waals surface area contributed by atoms with Crippen molar-refractivity contribution in [3.05, 3.63) is 83.9 Å². The molecule has 6 heteroatoms. The molecule has 0 bridgehead atoms. The van der Waals surface area contributed by atoms with Gasteiger partial charge in [0.05, 0.1) is 19.2 Å². The predicted octanol–water partition coefficient (Wildman–Crippen LogP) is 3.74. The van der Waals surface area contributed by atoms with Gasteiger partial charge >= 0.3 is 0 Å². The maximum atomic E-state index is 12.5. The Morgan fingerprint density at radius 1 is 1.04 bits per heavy atom. The molecule has 1 N–H and O–H groups in total. The lowest BCUT2D eigenvalue weighted by Gasteiger charge is -2.07. The fourth-order valence-corrected chi connectivity index (χ4v) is 2.86. The number of amides is 1. The van der Waals surface area contributed by atoms with Crippen molar-refractivity contribution in [1.29, 1.82) is 0 Å². The van der Waals surface area contributed by atoms with E-state index in [4.69, 9.17) is 4.74 Å². The van der Waals surface area contributed by atoms with Gasteiger partial charge in [-0.1, -0.05) is 35.5 Å². The minimum Gasteiger partial charge on any atom is -0.497 e. The zero-order valence-electron chi connectivity index (χ0n) is 14.8. The highest BCUT2D eigenvalue weighted by atomic mass is 16.5. The summed E-state index contributed by atoms with van der Waals surface area (Å²) in [5.41, 5.74) is 3.96. The Labute approximate surface area is 156 Å². The first-order valence-electron chi connectivity index (χ1n) is 8.55. The molecule has 134 valence electrons. The molecule has 4 rings (SSSR count). The van der Waals surface area contributed by atoms with Crippen LogP contribution in [0.4, 0.5) is 5.69 Å². The van der Waals surface area contributed by atoms with E-state index in [1.807, 2.05) is 41.1 Å². The number of fused-ring (bicyclic) bond motifs is 1. The molecule has 0 spiro atoms. The minimum absolute atomic E-state index is 0.195. The van der Waals surface area contributed by atoms with E-state index in [1.165, 1.54) is 0 Å². The third-order valence-corrected chi connectivity index (χ3v) is 4.30. The number of rotatable bonds is 5. The highest BCUT2D eigenvalue weighted by molar-refractivity contribution is 6.05. The van der Waals surface area contributed by atoms with Gasteiger partial charge in [0.1, 0.15) is 11.3 Å². The van der Waals surface area contributed by atoms with Crippen molar-refractivity contribution in [3.63, 3.8) is 0 Å². The summed E-state index contributed by atoms with van der Waals surface area (Å²) in [7, 11) is 1.60. The Morgan fingerprint density at radius 3 is 2.56 bits per heavy atom. The highest BCUT2D eigenvalue weighted by Crippen LogP contribution is 2.18. The Bertz CT molecular complexity index is 1070. The molecule has 1 aromatic heterocycles. The van der Waals surface area contributed by atoms with Crippen LogP contribution < -0.4 is 10.1 Å². The molecule has 6 nitrogen and oxygen atoms in total. The van der Waals surface area contributed by atoms with Gasteiger partial charge in [-0.3, -0.25) is 4.79 Å². The number of nitrogens with one attached hydrogen (secondary N) is 1. The normalized spacial score (nSPS) is 10.7. The van der Waals surface area contributed by atoms with Crippen LogP contribution in [0.1, 0.15) is 15.9 Å². The van der Waals surface area contributed by atoms with Crippen molar-refractivity contribution in [1.82, 2.24) is 15.0 Å². The fraction of sp³-hybridized carbons (Fsp3) is 0.0952. The fourth-order valence-electron chi connectivity index (χ4n) is 2.86. The second kappa shape index (κ2) is 7.29. The van der Waals surface area contributed by atoms with Gasteiger partial charge in [0.2, 0.25) is 0 Å². The topological polar surface area (TPSA) is 69.0 Å². The monoisotopic (exact) mass is 358 g/mol. The van der Waals surface area contributed by atoms with Crippen LogP contribution in [0.3, 0.4) is 0 Å². The van der Waals surface area contributed by atoms with E-state index in [-0.39, 0.29) is 5.91 Å². The van der Waals surface area contributed by atoms with Gasteiger partial charge in [-0.15, -0.1) is 5.10 Å². The average Bonchev–Trinajstić information content (AvgIpc) is 3.11. The molecule has 1 amide bonds. The molecule has 3 aromatic carbocycles. The summed E-state index contributed by atoms with van der Waals surface area (Å²) in [6, 6.07) is 22.7. The number of anilines is 1. The van der Waals surface area contributed by atoms with Crippen LogP contribution in [0.25, 0.3) is 11.0 Å². The first kappa shape index (κ1) is 16.8. The highest BCUT2D eigenvalue weighted by Gasteiger charge is 2.11. The first-order chi connectivity index (χ1) is 13.2. The van der Waals surface area contributed by atoms with E-state index in [0.29, 0.717) is 23.3 Å². The number of ether oxygens (including phenoxy) is 1. The minimum atomic E-state index is -0.195. The van der Waals surface area contributed by atoms with Gasteiger partial charge < -0.3 is 10.1 Å². The standard InChI is InChI=1S/C21H18N4O2/c1-27-18-10-8-17(9-11-18)22-21(26)16-7-12-20-19(13-16)23-24-25(20)14-15-5-3-2-4-6-15/h2-13H,14H2,1H3,(H,22,26). The van der Waals surface area contributed by atoms with E-state index in [2.05, 4.69) is 15.6 Å². The van der Waals surface area contributed by atoms with Gasteiger partial charge in [0.15, 0.2) is 0 Å². The van der Waals surface area contributed by atoms with Crippen molar-refractivity contribution in [2.45, 2.75) is 6.54 Å². The summed E-state index contributed by atoms with van der Waals surface area (Å²) < 4.78 is 6.95. The summed E-state index contributed by atoms with van der Waals surface area (Å²) >= 11 is 0. The van der Waals surface area contributed by atoms with Crippen LogP contribution in [0, 0.1) is 0 Å². The molecule has 27 heavy (non-hydrogen) atoms. The van der Waals surface area contributed by atoms with Gasteiger partial charge in [0.25, 0.3) is 5.91 Å². The Balaban J connectivity index is 1.53. The number of methoxy groups -OCH3 is 1. The molecule has 0 radical (unpaired) electrons. The van der Waals surface area contributed by atoms with Crippen molar-refractivity contribution in [3.8, 4) is 5.75 Å². The smallest absolute Gasteiger partial charge is 0.255 e. The molecule has 0 fully saturated rings. The van der Waals surface area contributed by atoms with Crippen LogP contribution >= 0.6 is 0 Å². The first-order valence-corrected chi connectivity index (χ1v) is 8.55. The van der Waals surface area contributed by atoms with Crippen LogP contribution in [0.2, 0.25) is 0 Å². The summed E-state index contributed by atoms with van der Waals surface area (Å²) in [5.74, 6) is 0.545. The molecule has 0 atom stereocenters. The Kier molecular flexibility index (Phi) is 4.53. The third-order valence-electron chi connectivity index (χ3n) is 4.30. The van der Waals surface area contributed by atoms with E-state index < -0.39 is 0 Å². The lowest BCUT2D eigenvalue weighted by atomic mass is 10.1. The summed E-state index contributed by atoms with van der Waals surface area (Å²) in [6.45, 7) is 0.634. The molecule has 0 aliphatic carbocycles. The quantitative estimate of drug-likeness (QED) is 0.590. The van der Waals surface area contributed by atoms with E-state index >= 15 is 0 Å². The maximum absolute atomic E-state index is 12.5. The molecular formula is C21H18N4O2. The van der Waals surface area contributed by atoms with E-state index in [1.54, 1.807) is 43.5 Å². The third kappa shape index (κ3) is 3.64. The molecule has 0 aliphatic heterocycles. The molecular weight excluding hydrogens is 340 g/mol. The predicted molar refractivity (Wildman–Crippen MR) is 104 cm³/mol. The Hall–Kier alpha value is -3.67. The lowest BCUT2D eigenvalue weighted by Crippen LogP contribution is -2.11. The second-order valence-corrected chi connectivity index (χ2v) is 6.12. The van der Waals surface area contributed by atoms with Crippen LogP contribution in [-0.4, -0.2) is 28.0 Å². The van der Waals surface area contributed by atoms with Gasteiger partial charge in [-0.05, 0) is 48.0 Å². The molecule has 0 aliphatic rings. The number of aromatic nitrogens is 3. The summed E-state index contributed by atoms with van der Waals surface area (Å²) in [5, 5.41) is 11.3. The SMILES string of the molecule is COc1ccc(NC(=O)c2ccc3c(c2)nnn3Cc2ccccc2)cc1. The zero-order chi connectivity index (χ0) is 18.6. The van der Waals surface area contributed by atoms with Gasteiger partial charge in [-0.2, -0.15) is 0 Å². The lowest BCUT2D eigenvalue weighted by molar-refractivity contribution is 0.102. The van der Waals surface area contributed by atoms with Crippen molar-refractivity contribution in [2.24, 2.45) is 0 Å². The molecule has 4 aromatic rings. The maximum Gasteiger partial charge on any atom is 0.255 e. The van der Waals surface area contributed by atoms with Gasteiger partial charge in [0, 0.05) is 11.3 Å². The molecule has 0 unspecified atom stereocenters. The van der Waals surface area contributed by atoms with Crippen molar-refractivity contribution >= 4 is 22.6 Å². The Morgan fingerprint density at radius 2 is 1.81 bits per heavy atom. The van der Waals surface area contributed by atoms with E-state index in [0.717, 1.165) is 16.8 Å². The van der Waals surface area contributed by atoms with Crippen molar-refractivity contribution < 1.29 is 9.53 Å². The number of nitrogens with zero attached hydrogens (tertiary/aromatic N) is 3. The van der Waals surface area contributed by atoms with Crippen LogP contribution in [0.5, 0.6) is 5.75 Å². The summed E-state index contributed by atoms with van der Waals surface area (Å²) in [4.78, 5) is 12.5.